The number of piperidine rings is 1. The maximum atomic E-state index is 6.09. The van der Waals surface area contributed by atoms with E-state index in [1.54, 1.807) is 14.2 Å². The van der Waals surface area contributed by atoms with E-state index in [4.69, 9.17) is 30.5 Å². The van der Waals surface area contributed by atoms with Crippen LogP contribution in [0.3, 0.4) is 0 Å². The van der Waals surface area contributed by atoms with Crippen molar-refractivity contribution in [2.45, 2.75) is 44.9 Å². The van der Waals surface area contributed by atoms with Gasteiger partial charge in [-0.15, -0.1) is 0 Å². The van der Waals surface area contributed by atoms with Crippen LogP contribution >= 0.6 is 11.6 Å². The van der Waals surface area contributed by atoms with Crippen molar-refractivity contribution < 1.29 is 18.9 Å². The van der Waals surface area contributed by atoms with Crippen LogP contribution in [0.25, 0.3) is 0 Å². The van der Waals surface area contributed by atoms with Crippen molar-refractivity contribution >= 4 is 11.6 Å². The van der Waals surface area contributed by atoms with Gasteiger partial charge < -0.3 is 18.9 Å². The molecular formula is C28H36ClN3O4. The number of hydrogen-bond donors (Lipinski definition) is 0. The topological polar surface area (TPSA) is 58.0 Å². The van der Waals surface area contributed by atoms with Crippen LogP contribution in [-0.4, -0.2) is 60.8 Å². The van der Waals surface area contributed by atoms with Gasteiger partial charge in [-0.25, -0.2) is 0 Å². The predicted molar refractivity (Wildman–Crippen MR) is 141 cm³/mol. The fourth-order valence-electron chi connectivity index (χ4n) is 4.49. The zero-order valence-corrected chi connectivity index (χ0v) is 22.2. The zero-order valence-electron chi connectivity index (χ0n) is 21.4. The van der Waals surface area contributed by atoms with Gasteiger partial charge in [0.05, 0.1) is 19.9 Å². The number of aromatic nitrogens is 2. The van der Waals surface area contributed by atoms with Crippen molar-refractivity contribution in [2.75, 3.05) is 40.5 Å². The van der Waals surface area contributed by atoms with Crippen molar-refractivity contribution in [1.82, 2.24) is 14.7 Å². The lowest BCUT2D eigenvalue weighted by Crippen LogP contribution is -2.48. The van der Waals surface area contributed by atoms with Crippen LogP contribution in [0.2, 0.25) is 5.02 Å². The molecule has 0 radical (unpaired) electrons. The minimum Gasteiger partial charge on any atom is -0.493 e. The molecule has 0 atom stereocenters. The molecule has 36 heavy (non-hydrogen) atoms. The highest BCUT2D eigenvalue weighted by Gasteiger charge is 2.35. The van der Waals surface area contributed by atoms with Crippen molar-refractivity contribution in [1.29, 1.82) is 0 Å². The second kappa shape index (κ2) is 12.5. The highest BCUT2D eigenvalue weighted by Crippen LogP contribution is 2.31. The molecule has 8 heteroatoms. The van der Waals surface area contributed by atoms with Crippen molar-refractivity contribution in [2.24, 2.45) is 0 Å². The van der Waals surface area contributed by atoms with Gasteiger partial charge in [-0.05, 0) is 61.2 Å². The van der Waals surface area contributed by atoms with E-state index in [0.717, 1.165) is 62.7 Å². The molecule has 0 spiro atoms. The summed E-state index contributed by atoms with van der Waals surface area (Å²) in [6.45, 7) is 6.69. The largest absolute Gasteiger partial charge is 0.493 e. The van der Waals surface area contributed by atoms with Gasteiger partial charge in [0.1, 0.15) is 18.0 Å². The third-order valence-corrected chi connectivity index (χ3v) is 6.92. The molecule has 1 aromatic heterocycles. The van der Waals surface area contributed by atoms with E-state index in [0.29, 0.717) is 18.2 Å². The molecule has 0 aliphatic carbocycles. The molecule has 0 saturated carbocycles. The number of aryl methyl sites for hydroxylation is 2. The fraction of sp³-hybridized carbons (Fsp3) is 0.464. The summed E-state index contributed by atoms with van der Waals surface area (Å²) in [4.78, 5) is 2.45. The Kier molecular flexibility index (Phi) is 9.13. The quantitative estimate of drug-likeness (QED) is 0.303. The summed E-state index contributed by atoms with van der Waals surface area (Å²) in [6, 6.07) is 13.7. The zero-order chi connectivity index (χ0) is 25.4. The second-order valence-electron chi connectivity index (χ2n) is 9.38. The standard InChI is InChI=1S/C28H36ClN3O4/c1-22-18-30-32(19-22)12-5-15-35-27-16-23(8-9-26(27)33-2)20-31-13-10-28(34-3,11-14-31)21-36-25-7-4-6-24(29)17-25/h4,6-9,16-19H,5,10-15,20-21H2,1-3H3. The van der Waals surface area contributed by atoms with Gasteiger partial charge in [-0.2, -0.15) is 5.10 Å². The molecule has 1 aliphatic heterocycles. The van der Waals surface area contributed by atoms with E-state index < -0.39 is 0 Å². The number of likely N-dealkylation sites (tertiary alicyclic amines) is 1. The number of rotatable bonds is 12. The Morgan fingerprint density at radius 2 is 1.86 bits per heavy atom. The summed E-state index contributed by atoms with van der Waals surface area (Å²) in [5.41, 5.74) is 2.08. The lowest BCUT2D eigenvalue weighted by atomic mass is 9.91. The Morgan fingerprint density at radius 3 is 2.56 bits per heavy atom. The molecule has 194 valence electrons. The average molecular weight is 514 g/mol. The summed E-state index contributed by atoms with van der Waals surface area (Å²) >= 11 is 6.08. The molecule has 2 heterocycles. The first-order valence-corrected chi connectivity index (χ1v) is 12.8. The van der Waals surface area contributed by atoms with Gasteiger partial charge in [0.2, 0.25) is 0 Å². The van der Waals surface area contributed by atoms with E-state index in [1.165, 1.54) is 11.1 Å². The maximum absolute atomic E-state index is 6.09. The van der Waals surface area contributed by atoms with E-state index in [-0.39, 0.29) is 5.60 Å². The fourth-order valence-corrected chi connectivity index (χ4v) is 4.67. The third-order valence-electron chi connectivity index (χ3n) is 6.68. The third kappa shape index (κ3) is 7.15. The average Bonchev–Trinajstić information content (AvgIpc) is 3.31. The Morgan fingerprint density at radius 1 is 1.03 bits per heavy atom. The number of nitrogens with zero attached hydrogens (tertiary/aromatic N) is 3. The highest BCUT2D eigenvalue weighted by molar-refractivity contribution is 6.30. The number of ether oxygens (including phenoxy) is 4. The molecule has 3 aromatic rings. The molecule has 0 N–H and O–H groups in total. The van der Waals surface area contributed by atoms with E-state index >= 15 is 0 Å². The molecule has 0 amide bonds. The molecule has 1 aliphatic rings. The van der Waals surface area contributed by atoms with Gasteiger partial charge in [0.25, 0.3) is 0 Å². The lowest BCUT2D eigenvalue weighted by Gasteiger charge is -2.40. The summed E-state index contributed by atoms with van der Waals surface area (Å²) in [7, 11) is 3.45. The Hall–Kier alpha value is -2.74. The van der Waals surface area contributed by atoms with Crippen LogP contribution in [0.5, 0.6) is 17.2 Å². The van der Waals surface area contributed by atoms with Crippen LogP contribution in [0.15, 0.2) is 54.9 Å². The number of hydrogen-bond acceptors (Lipinski definition) is 6. The Bertz CT molecular complexity index is 1110. The maximum Gasteiger partial charge on any atom is 0.161 e. The normalized spacial score (nSPS) is 15.6. The number of benzene rings is 2. The van der Waals surface area contributed by atoms with Crippen LogP contribution < -0.4 is 14.2 Å². The number of halogens is 1. The lowest BCUT2D eigenvalue weighted by molar-refractivity contribution is -0.0839. The molecular weight excluding hydrogens is 478 g/mol. The van der Waals surface area contributed by atoms with Crippen molar-refractivity contribution in [3.63, 3.8) is 0 Å². The number of methoxy groups -OCH3 is 2. The van der Waals surface area contributed by atoms with Crippen LogP contribution in [0, 0.1) is 6.92 Å². The van der Waals surface area contributed by atoms with Crippen LogP contribution in [0.1, 0.15) is 30.4 Å². The first-order valence-electron chi connectivity index (χ1n) is 12.4. The van der Waals surface area contributed by atoms with Crippen molar-refractivity contribution in [3.8, 4) is 17.2 Å². The van der Waals surface area contributed by atoms with E-state index in [9.17, 15) is 0 Å². The minimum atomic E-state index is -0.292. The molecule has 7 nitrogen and oxygen atoms in total. The summed E-state index contributed by atoms with van der Waals surface area (Å²) in [5, 5.41) is 5.00. The Labute approximate surface area is 218 Å². The van der Waals surface area contributed by atoms with Crippen LogP contribution in [0.4, 0.5) is 0 Å². The van der Waals surface area contributed by atoms with E-state index in [2.05, 4.69) is 22.1 Å². The summed E-state index contributed by atoms with van der Waals surface area (Å²) in [6.07, 6.45) is 6.59. The van der Waals surface area contributed by atoms with Gasteiger partial charge in [-0.3, -0.25) is 9.58 Å². The molecule has 4 rings (SSSR count). The molecule has 2 aromatic carbocycles. The molecule has 1 saturated heterocycles. The van der Waals surface area contributed by atoms with Gasteiger partial charge >= 0.3 is 0 Å². The summed E-state index contributed by atoms with van der Waals surface area (Å²) in [5.74, 6) is 2.31. The Balaban J connectivity index is 1.28. The van der Waals surface area contributed by atoms with Crippen molar-refractivity contribution in [3.05, 3.63) is 71.0 Å². The first kappa shape index (κ1) is 26.3. The molecule has 1 fully saturated rings. The predicted octanol–water partition coefficient (Wildman–Crippen LogP) is 5.38. The van der Waals surface area contributed by atoms with Gasteiger partial charge in [-0.1, -0.05) is 23.7 Å². The first-order chi connectivity index (χ1) is 17.5. The second-order valence-corrected chi connectivity index (χ2v) is 9.81. The van der Waals surface area contributed by atoms with Gasteiger partial charge in [0.15, 0.2) is 11.5 Å². The van der Waals surface area contributed by atoms with E-state index in [1.807, 2.05) is 54.3 Å². The SMILES string of the molecule is COc1ccc(CN2CCC(COc3cccc(Cl)c3)(OC)CC2)cc1OCCCn1cc(C)cn1. The monoisotopic (exact) mass is 513 g/mol. The van der Waals surface area contributed by atoms with Gasteiger partial charge in [0, 0.05) is 50.9 Å². The summed E-state index contributed by atoms with van der Waals surface area (Å²) < 4.78 is 25.5. The minimum absolute atomic E-state index is 0.292. The molecule has 0 unspecified atom stereocenters. The molecule has 0 bridgehead atoms. The smallest absolute Gasteiger partial charge is 0.161 e. The highest BCUT2D eigenvalue weighted by atomic mass is 35.5. The van der Waals surface area contributed by atoms with Crippen LogP contribution in [-0.2, 0) is 17.8 Å².